The molecule has 0 amide bonds. The van der Waals surface area contributed by atoms with E-state index in [0.717, 1.165) is 25.7 Å². The predicted molar refractivity (Wildman–Crippen MR) is 66.0 cm³/mol. The van der Waals surface area contributed by atoms with Crippen LogP contribution in [0, 0.1) is 5.92 Å². The van der Waals surface area contributed by atoms with Crippen molar-refractivity contribution in [3.8, 4) is 0 Å². The summed E-state index contributed by atoms with van der Waals surface area (Å²) in [6.45, 7) is 5.15. The summed E-state index contributed by atoms with van der Waals surface area (Å²) in [5, 5.41) is 20.4. The molecule has 0 aromatic rings. The molecular formula is C13H26NO4+. The highest BCUT2D eigenvalue weighted by molar-refractivity contribution is 5.78. The molecule has 1 aliphatic carbocycles. The molecule has 0 aliphatic heterocycles. The van der Waals surface area contributed by atoms with Gasteiger partial charge in [0, 0.05) is 19.8 Å². The summed E-state index contributed by atoms with van der Waals surface area (Å²) in [4.78, 5) is 10.5. The van der Waals surface area contributed by atoms with Gasteiger partial charge in [0.25, 0.3) is 5.54 Å². The van der Waals surface area contributed by atoms with Crippen molar-refractivity contribution in [3.05, 3.63) is 0 Å². The molecule has 0 bridgehead atoms. The maximum Gasteiger partial charge on any atom is 0.373 e. The Bertz CT molecular complexity index is 283. The van der Waals surface area contributed by atoms with E-state index in [9.17, 15) is 15.2 Å². The third-order valence-electron chi connectivity index (χ3n) is 3.91. The lowest BCUT2D eigenvalue weighted by Crippen LogP contribution is -2.63. The van der Waals surface area contributed by atoms with E-state index in [1.54, 1.807) is 6.92 Å². The van der Waals surface area contributed by atoms with E-state index >= 15 is 0 Å². The van der Waals surface area contributed by atoms with E-state index in [0.29, 0.717) is 0 Å². The van der Waals surface area contributed by atoms with E-state index in [1.165, 1.54) is 20.3 Å². The minimum atomic E-state index is -1.35. The molecule has 106 valence electrons. The molecule has 0 saturated heterocycles. The molecule has 0 spiro atoms. The van der Waals surface area contributed by atoms with Crippen LogP contribution >= 0.6 is 0 Å². The quantitative estimate of drug-likeness (QED) is 0.453. The molecule has 2 N–H and O–H groups in total. The van der Waals surface area contributed by atoms with Gasteiger partial charge in [0.15, 0.2) is 0 Å². The first-order valence-corrected chi connectivity index (χ1v) is 6.82. The topological polar surface area (TPSA) is 66.8 Å². The van der Waals surface area contributed by atoms with Gasteiger partial charge < -0.3 is 4.74 Å². The lowest BCUT2D eigenvalue weighted by atomic mass is 9.88. The first-order chi connectivity index (χ1) is 8.31. The average Bonchev–Trinajstić information content (AvgIpc) is 2.29. The first kappa shape index (κ1) is 15.4. The summed E-state index contributed by atoms with van der Waals surface area (Å²) < 4.78 is 4.91. The van der Waals surface area contributed by atoms with Crippen LogP contribution in [0.4, 0.5) is 0 Å². The number of ether oxygens (including phenoxy) is 1. The molecule has 0 radical (unpaired) electrons. The fourth-order valence-corrected chi connectivity index (χ4v) is 2.41. The molecule has 5 heteroatoms. The Morgan fingerprint density at radius 1 is 1.28 bits per heavy atom. The maximum atomic E-state index is 11.8. The third kappa shape index (κ3) is 3.43. The Hall–Kier alpha value is -0.650. The molecule has 1 saturated carbocycles. The van der Waals surface area contributed by atoms with Crippen molar-refractivity contribution in [2.45, 2.75) is 58.4 Å². The Kier molecular flexibility index (Phi) is 5.13. The molecule has 0 aromatic carbocycles. The van der Waals surface area contributed by atoms with Crippen LogP contribution < -0.4 is 0 Å². The van der Waals surface area contributed by atoms with Crippen LogP contribution in [0.25, 0.3) is 0 Å². The van der Waals surface area contributed by atoms with Crippen molar-refractivity contribution in [2.75, 3.05) is 13.2 Å². The van der Waals surface area contributed by atoms with Gasteiger partial charge in [-0.2, -0.15) is 10.4 Å². The summed E-state index contributed by atoms with van der Waals surface area (Å²) in [6.07, 6.45) is 5.48. The maximum absolute atomic E-state index is 11.8. The number of carbonyl (C=O) groups is 1. The summed E-state index contributed by atoms with van der Waals surface area (Å²) >= 11 is 0. The number of carbonyl (C=O) groups excluding carboxylic acids is 1. The van der Waals surface area contributed by atoms with Crippen LogP contribution in [0.5, 0.6) is 0 Å². The molecule has 0 unspecified atom stereocenters. The Morgan fingerprint density at radius 3 is 2.33 bits per heavy atom. The second-order valence-electron chi connectivity index (χ2n) is 5.70. The van der Waals surface area contributed by atoms with Crippen molar-refractivity contribution < 1.29 is 24.8 Å². The number of quaternary nitrogens is 1. The average molecular weight is 260 g/mol. The van der Waals surface area contributed by atoms with Gasteiger partial charge in [0.1, 0.15) is 6.54 Å². The predicted octanol–water partition coefficient (Wildman–Crippen LogP) is 2.50. The Labute approximate surface area is 109 Å². The Morgan fingerprint density at radius 2 is 1.83 bits per heavy atom. The molecule has 1 aliphatic rings. The van der Waals surface area contributed by atoms with E-state index in [1.807, 2.05) is 0 Å². The fourth-order valence-electron chi connectivity index (χ4n) is 2.41. The van der Waals surface area contributed by atoms with Gasteiger partial charge in [-0.05, 0) is 24.6 Å². The smallest absolute Gasteiger partial charge is 0.373 e. The van der Waals surface area contributed by atoms with Crippen LogP contribution in [0.15, 0.2) is 0 Å². The van der Waals surface area contributed by atoms with E-state index in [-0.39, 0.29) is 19.1 Å². The van der Waals surface area contributed by atoms with Crippen molar-refractivity contribution in [1.82, 2.24) is 0 Å². The van der Waals surface area contributed by atoms with Crippen LogP contribution in [0.2, 0.25) is 0 Å². The number of hydrogen-bond donors (Lipinski definition) is 2. The van der Waals surface area contributed by atoms with Crippen LogP contribution in [0.1, 0.15) is 52.9 Å². The summed E-state index contributed by atoms with van der Waals surface area (Å²) in [6, 6.07) is 0. The van der Waals surface area contributed by atoms with Gasteiger partial charge >= 0.3 is 5.97 Å². The van der Waals surface area contributed by atoms with Gasteiger partial charge in [0.2, 0.25) is 0 Å². The Balaban J connectivity index is 2.67. The second-order valence-corrected chi connectivity index (χ2v) is 5.70. The van der Waals surface area contributed by atoms with Gasteiger partial charge in [-0.25, -0.2) is 4.79 Å². The molecule has 18 heavy (non-hydrogen) atoms. The SMILES string of the molecule is CCOC(=O)C(C)(C)[N+](O)(O)CC1CCCCC1. The van der Waals surface area contributed by atoms with Crippen LogP contribution in [0.3, 0.4) is 0 Å². The normalized spacial score (nSPS) is 18.7. The summed E-state index contributed by atoms with van der Waals surface area (Å²) in [7, 11) is 0. The lowest BCUT2D eigenvalue weighted by molar-refractivity contribution is -1.27. The zero-order valence-corrected chi connectivity index (χ0v) is 11.7. The monoisotopic (exact) mass is 260 g/mol. The number of hydroxylamine groups is 4. The number of nitrogens with zero attached hydrogens (tertiary/aromatic N) is 1. The molecule has 0 heterocycles. The summed E-state index contributed by atoms with van der Waals surface area (Å²) in [5.41, 5.74) is -1.35. The van der Waals surface area contributed by atoms with Crippen LogP contribution in [-0.2, 0) is 9.53 Å². The van der Waals surface area contributed by atoms with E-state index in [4.69, 9.17) is 4.74 Å². The van der Waals surface area contributed by atoms with Crippen molar-refractivity contribution in [2.24, 2.45) is 5.92 Å². The van der Waals surface area contributed by atoms with Crippen LogP contribution in [-0.4, -0.2) is 39.9 Å². The van der Waals surface area contributed by atoms with E-state index < -0.39 is 16.3 Å². The standard InChI is InChI=1S/C13H26NO4/c1-4-18-12(15)13(2,3)14(16,17)10-11-8-6-5-7-9-11/h11,16-17H,4-10H2,1-3H3/q+1. The minimum absolute atomic E-state index is 0.186. The fraction of sp³-hybridized carbons (Fsp3) is 0.923. The number of rotatable bonds is 5. The lowest BCUT2D eigenvalue weighted by Gasteiger charge is -2.37. The van der Waals surface area contributed by atoms with Crippen molar-refractivity contribution >= 4 is 5.97 Å². The van der Waals surface area contributed by atoms with Crippen molar-refractivity contribution in [3.63, 3.8) is 0 Å². The van der Waals surface area contributed by atoms with E-state index in [2.05, 4.69) is 0 Å². The molecular weight excluding hydrogens is 234 g/mol. The summed E-state index contributed by atoms with van der Waals surface area (Å²) in [5.74, 6) is -0.312. The highest BCUT2D eigenvalue weighted by Crippen LogP contribution is 2.30. The van der Waals surface area contributed by atoms with Gasteiger partial charge in [-0.1, -0.05) is 19.3 Å². The number of esters is 1. The van der Waals surface area contributed by atoms with Gasteiger partial charge in [-0.15, -0.1) is 0 Å². The van der Waals surface area contributed by atoms with Gasteiger partial charge in [-0.3, -0.25) is 0 Å². The molecule has 0 atom stereocenters. The van der Waals surface area contributed by atoms with Crippen molar-refractivity contribution in [1.29, 1.82) is 0 Å². The second kappa shape index (κ2) is 5.99. The molecule has 1 rings (SSSR count). The molecule has 0 aromatic heterocycles. The molecule has 5 nitrogen and oxygen atoms in total. The zero-order chi connectivity index (χ0) is 13.8. The molecule has 1 fully saturated rings. The highest BCUT2D eigenvalue weighted by atomic mass is 16.8. The third-order valence-corrected chi connectivity index (χ3v) is 3.91. The first-order valence-electron chi connectivity index (χ1n) is 6.82. The van der Waals surface area contributed by atoms with Gasteiger partial charge in [0.05, 0.1) is 6.61 Å². The highest BCUT2D eigenvalue weighted by Gasteiger charge is 2.52. The largest absolute Gasteiger partial charge is 0.461 e. The zero-order valence-electron chi connectivity index (χ0n) is 11.7. The number of hydrogen-bond acceptors (Lipinski definition) is 4. The minimum Gasteiger partial charge on any atom is -0.461 e.